The largest absolute Gasteiger partial charge is 0.433 e. The van der Waals surface area contributed by atoms with Gasteiger partial charge in [-0.1, -0.05) is 18.5 Å². The molecular weight excluding hydrogens is 255 g/mol. The zero-order valence-electron chi connectivity index (χ0n) is 9.14. The number of halogens is 4. The van der Waals surface area contributed by atoms with Crippen molar-refractivity contribution in [1.82, 2.24) is 14.6 Å². The SMILES string of the molecule is CCc1cnn2c(Cl)c(C)c(C(F)(F)F)nc12. The van der Waals surface area contributed by atoms with Crippen molar-refractivity contribution in [2.75, 3.05) is 0 Å². The van der Waals surface area contributed by atoms with Gasteiger partial charge in [-0.15, -0.1) is 0 Å². The van der Waals surface area contributed by atoms with Crippen LogP contribution in [0.25, 0.3) is 5.65 Å². The fraction of sp³-hybridized carbons (Fsp3) is 0.400. The summed E-state index contributed by atoms with van der Waals surface area (Å²) in [6, 6.07) is 0. The Morgan fingerprint density at radius 2 is 2.06 bits per heavy atom. The van der Waals surface area contributed by atoms with E-state index >= 15 is 0 Å². The first-order chi connectivity index (χ1) is 7.86. The maximum atomic E-state index is 12.7. The highest BCUT2D eigenvalue weighted by Crippen LogP contribution is 2.33. The first-order valence-electron chi connectivity index (χ1n) is 4.96. The van der Waals surface area contributed by atoms with Gasteiger partial charge in [0.25, 0.3) is 0 Å². The molecule has 2 aromatic rings. The lowest BCUT2D eigenvalue weighted by Gasteiger charge is -2.11. The Morgan fingerprint density at radius 3 is 2.59 bits per heavy atom. The summed E-state index contributed by atoms with van der Waals surface area (Å²) in [6.45, 7) is 3.10. The second-order valence-electron chi connectivity index (χ2n) is 3.63. The van der Waals surface area contributed by atoms with E-state index in [4.69, 9.17) is 11.6 Å². The van der Waals surface area contributed by atoms with E-state index in [0.29, 0.717) is 12.0 Å². The Kier molecular flexibility index (Phi) is 2.77. The maximum absolute atomic E-state index is 12.7. The van der Waals surface area contributed by atoms with E-state index in [9.17, 15) is 13.2 Å². The monoisotopic (exact) mass is 263 g/mol. The van der Waals surface area contributed by atoms with Crippen molar-refractivity contribution >= 4 is 17.2 Å². The van der Waals surface area contributed by atoms with Gasteiger partial charge in [0.15, 0.2) is 11.3 Å². The van der Waals surface area contributed by atoms with Crippen LogP contribution < -0.4 is 0 Å². The molecule has 0 aliphatic heterocycles. The van der Waals surface area contributed by atoms with Crippen molar-refractivity contribution in [2.24, 2.45) is 0 Å². The summed E-state index contributed by atoms with van der Waals surface area (Å²) in [7, 11) is 0. The van der Waals surface area contributed by atoms with E-state index in [1.54, 1.807) is 0 Å². The van der Waals surface area contributed by atoms with Gasteiger partial charge in [0.2, 0.25) is 0 Å². The van der Waals surface area contributed by atoms with Crippen molar-refractivity contribution in [3.8, 4) is 0 Å². The Hall–Kier alpha value is -1.30. The number of hydrogen-bond acceptors (Lipinski definition) is 2. The Morgan fingerprint density at radius 1 is 1.41 bits per heavy atom. The van der Waals surface area contributed by atoms with E-state index in [-0.39, 0.29) is 16.4 Å². The van der Waals surface area contributed by atoms with Gasteiger partial charge in [-0.05, 0) is 13.3 Å². The highest BCUT2D eigenvalue weighted by atomic mass is 35.5. The van der Waals surface area contributed by atoms with Gasteiger partial charge in [-0.3, -0.25) is 0 Å². The first kappa shape index (κ1) is 12.2. The molecule has 2 heterocycles. The molecule has 0 spiro atoms. The second kappa shape index (κ2) is 3.87. The van der Waals surface area contributed by atoms with Crippen LogP contribution >= 0.6 is 11.6 Å². The van der Waals surface area contributed by atoms with Crippen molar-refractivity contribution in [3.63, 3.8) is 0 Å². The average molecular weight is 264 g/mol. The number of rotatable bonds is 1. The molecule has 7 heteroatoms. The molecule has 0 unspecified atom stereocenters. The van der Waals surface area contributed by atoms with Crippen LogP contribution in [0, 0.1) is 6.92 Å². The van der Waals surface area contributed by atoms with E-state index in [2.05, 4.69) is 10.1 Å². The van der Waals surface area contributed by atoms with Crippen LogP contribution in [-0.4, -0.2) is 14.6 Å². The standard InChI is InChI=1S/C10H9ClF3N3/c1-3-6-4-15-17-8(11)5(2)7(10(12,13)14)16-9(6)17/h4H,3H2,1-2H3. The molecule has 0 aromatic carbocycles. The fourth-order valence-electron chi connectivity index (χ4n) is 1.61. The van der Waals surface area contributed by atoms with E-state index < -0.39 is 11.9 Å². The molecule has 92 valence electrons. The molecule has 0 aliphatic carbocycles. The molecular formula is C10H9ClF3N3. The maximum Gasteiger partial charge on any atom is 0.433 e. The molecule has 3 nitrogen and oxygen atoms in total. The number of aryl methyl sites for hydroxylation is 1. The summed E-state index contributed by atoms with van der Waals surface area (Å²) >= 11 is 5.87. The van der Waals surface area contributed by atoms with Crippen LogP contribution in [-0.2, 0) is 12.6 Å². The first-order valence-corrected chi connectivity index (χ1v) is 5.34. The number of nitrogens with zero attached hydrogens (tertiary/aromatic N) is 3. The third-order valence-electron chi connectivity index (χ3n) is 2.53. The van der Waals surface area contributed by atoms with Crippen LogP contribution in [0.1, 0.15) is 23.7 Å². The normalized spacial score (nSPS) is 12.4. The van der Waals surface area contributed by atoms with Gasteiger partial charge in [0.05, 0.1) is 6.20 Å². The van der Waals surface area contributed by atoms with Crippen molar-refractivity contribution in [3.05, 3.63) is 28.2 Å². The molecule has 2 rings (SSSR count). The minimum atomic E-state index is -4.51. The lowest BCUT2D eigenvalue weighted by atomic mass is 10.2. The van der Waals surface area contributed by atoms with Crippen LogP contribution in [0.3, 0.4) is 0 Å². The summed E-state index contributed by atoms with van der Waals surface area (Å²) < 4.78 is 39.5. The van der Waals surface area contributed by atoms with Crippen molar-refractivity contribution in [1.29, 1.82) is 0 Å². The minimum absolute atomic E-state index is 0.0537. The lowest BCUT2D eigenvalue weighted by molar-refractivity contribution is -0.141. The zero-order chi connectivity index (χ0) is 12.8. The molecule has 0 saturated carbocycles. The van der Waals surface area contributed by atoms with Crippen LogP contribution in [0.15, 0.2) is 6.20 Å². The number of aromatic nitrogens is 3. The summed E-state index contributed by atoms with van der Waals surface area (Å²) in [6.07, 6.45) is -2.48. The number of hydrogen-bond donors (Lipinski definition) is 0. The molecule has 17 heavy (non-hydrogen) atoms. The van der Waals surface area contributed by atoms with Crippen molar-refractivity contribution < 1.29 is 13.2 Å². The molecule has 0 bridgehead atoms. The van der Waals surface area contributed by atoms with Gasteiger partial charge < -0.3 is 0 Å². The smallest absolute Gasteiger partial charge is 0.223 e. The van der Waals surface area contributed by atoms with Gasteiger partial charge in [0.1, 0.15) is 5.15 Å². The third-order valence-corrected chi connectivity index (χ3v) is 2.98. The summed E-state index contributed by atoms with van der Waals surface area (Å²) in [5.74, 6) is 0. The summed E-state index contributed by atoms with van der Waals surface area (Å²) in [5.41, 5.74) is -0.268. The second-order valence-corrected chi connectivity index (χ2v) is 3.99. The molecule has 2 aromatic heterocycles. The van der Waals surface area contributed by atoms with E-state index in [1.165, 1.54) is 17.6 Å². The van der Waals surface area contributed by atoms with Crippen molar-refractivity contribution in [2.45, 2.75) is 26.4 Å². The predicted octanol–water partition coefficient (Wildman–Crippen LogP) is 3.27. The number of alkyl halides is 3. The third kappa shape index (κ3) is 1.86. The van der Waals surface area contributed by atoms with Gasteiger partial charge >= 0.3 is 6.18 Å². The quantitative estimate of drug-likeness (QED) is 0.739. The zero-order valence-corrected chi connectivity index (χ0v) is 9.89. The van der Waals surface area contributed by atoms with Gasteiger partial charge in [-0.25, -0.2) is 9.50 Å². The van der Waals surface area contributed by atoms with Crippen LogP contribution in [0.5, 0.6) is 0 Å². The summed E-state index contributed by atoms with van der Waals surface area (Å²) in [5, 5.41) is 3.87. The summed E-state index contributed by atoms with van der Waals surface area (Å²) in [4.78, 5) is 3.63. The highest BCUT2D eigenvalue weighted by Gasteiger charge is 2.36. The predicted molar refractivity (Wildman–Crippen MR) is 57.1 cm³/mol. The minimum Gasteiger partial charge on any atom is -0.223 e. The fourth-order valence-corrected chi connectivity index (χ4v) is 1.82. The van der Waals surface area contributed by atoms with Crippen LogP contribution in [0.2, 0.25) is 5.15 Å². The van der Waals surface area contributed by atoms with Crippen LogP contribution in [0.4, 0.5) is 13.2 Å². The molecule has 0 radical (unpaired) electrons. The molecule has 0 saturated heterocycles. The Bertz CT molecular complexity index is 574. The molecule has 0 aliphatic rings. The molecule has 0 N–H and O–H groups in total. The van der Waals surface area contributed by atoms with Gasteiger partial charge in [-0.2, -0.15) is 18.3 Å². The van der Waals surface area contributed by atoms with E-state index in [0.717, 1.165) is 0 Å². The average Bonchev–Trinajstić information content (AvgIpc) is 2.64. The highest BCUT2D eigenvalue weighted by molar-refractivity contribution is 6.30. The molecule has 0 atom stereocenters. The van der Waals surface area contributed by atoms with Gasteiger partial charge in [0, 0.05) is 11.1 Å². The lowest BCUT2D eigenvalue weighted by Crippen LogP contribution is -2.13. The molecule has 0 amide bonds. The Balaban J connectivity index is 2.83. The topological polar surface area (TPSA) is 30.2 Å². The number of fused-ring (bicyclic) bond motifs is 1. The Labute approximate surface area is 100 Å². The van der Waals surface area contributed by atoms with E-state index in [1.807, 2.05) is 6.92 Å². The molecule has 0 fully saturated rings.